The second-order valence-electron chi connectivity index (χ2n) is 5.22. The molecule has 0 saturated carbocycles. The molecule has 1 aliphatic rings. The Morgan fingerprint density at radius 1 is 1.12 bits per heavy atom. The van der Waals surface area contributed by atoms with E-state index in [1.165, 1.54) is 0 Å². The molecule has 1 unspecified atom stereocenters. The van der Waals surface area contributed by atoms with Crippen LogP contribution >= 0.6 is 11.6 Å². The second-order valence-corrected chi connectivity index (χ2v) is 5.66. The SMILES string of the molecule is NCC1Nc2cc(Cl)ccc2Oc2ccccc21.O=C(O)C=CC(=O)O. The van der Waals surface area contributed by atoms with Crippen LogP contribution in [0.3, 0.4) is 0 Å². The fourth-order valence-corrected chi connectivity index (χ4v) is 2.45. The zero-order valence-electron chi connectivity index (χ0n) is 13.6. The van der Waals surface area contributed by atoms with E-state index in [9.17, 15) is 9.59 Å². The van der Waals surface area contributed by atoms with Gasteiger partial charge < -0.3 is 26.0 Å². The Bertz CT molecular complexity index is 822. The summed E-state index contributed by atoms with van der Waals surface area (Å²) in [6, 6.07) is 13.5. The molecule has 2 aromatic rings. The molecule has 0 amide bonds. The zero-order chi connectivity index (χ0) is 19.1. The number of hydrogen-bond acceptors (Lipinski definition) is 5. The first-order chi connectivity index (χ1) is 12.4. The van der Waals surface area contributed by atoms with E-state index in [-0.39, 0.29) is 6.04 Å². The third kappa shape index (κ3) is 5.23. The number of fused-ring (bicyclic) bond motifs is 2. The molecule has 3 rings (SSSR count). The highest BCUT2D eigenvalue weighted by Gasteiger charge is 2.21. The number of anilines is 1. The Morgan fingerprint density at radius 3 is 2.38 bits per heavy atom. The van der Waals surface area contributed by atoms with Gasteiger partial charge in [0.2, 0.25) is 0 Å². The molecule has 0 radical (unpaired) electrons. The number of nitrogens with one attached hydrogen (secondary N) is 1. The van der Waals surface area contributed by atoms with Gasteiger partial charge in [0.1, 0.15) is 5.75 Å². The zero-order valence-corrected chi connectivity index (χ0v) is 14.3. The van der Waals surface area contributed by atoms with Gasteiger partial charge in [-0.2, -0.15) is 0 Å². The van der Waals surface area contributed by atoms with Gasteiger partial charge in [0.15, 0.2) is 5.75 Å². The van der Waals surface area contributed by atoms with Crippen LogP contribution in [0.2, 0.25) is 5.02 Å². The summed E-state index contributed by atoms with van der Waals surface area (Å²) < 4.78 is 5.91. The van der Waals surface area contributed by atoms with Crippen LogP contribution in [0.4, 0.5) is 5.69 Å². The van der Waals surface area contributed by atoms with E-state index in [0.717, 1.165) is 22.7 Å². The number of hydrogen-bond donors (Lipinski definition) is 4. The molecule has 8 heteroatoms. The molecule has 0 aliphatic carbocycles. The molecule has 7 nitrogen and oxygen atoms in total. The number of rotatable bonds is 3. The lowest BCUT2D eigenvalue weighted by molar-refractivity contribution is -0.134. The fraction of sp³-hybridized carbons (Fsp3) is 0.111. The number of benzene rings is 2. The topological polar surface area (TPSA) is 122 Å². The van der Waals surface area contributed by atoms with E-state index in [2.05, 4.69) is 5.32 Å². The second kappa shape index (κ2) is 8.89. The number of para-hydroxylation sites is 1. The molecule has 1 heterocycles. The monoisotopic (exact) mass is 376 g/mol. The van der Waals surface area contributed by atoms with E-state index in [0.29, 0.717) is 23.7 Å². The van der Waals surface area contributed by atoms with E-state index in [1.54, 1.807) is 0 Å². The molecular weight excluding hydrogens is 360 g/mol. The Hall–Kier alpha value is -3.03. The summed E-state index contributed by atoms with van der Waals surface area (Å²) in [7, 11) is 0. The van der Waals surface area contributed by atoms with Crippen LogP contribution in [0.5, 0.6) is 11.5 Å². The molecule has 0 bridgehead atoms. The summed E-state index contributed by atoms with van der Waals surface area (Å²) in [5.74, 6) is -0.913. The van der Waals surface area contributed by atoms with Crippen LogP contribution in [-0.4, -0.2) is 28.7 Å². The number of nitrogens with two attached hydrogens (primary N) is 1. The summed E-state index contributed by atoms with van der Waals surface area (Å²) in [4.78, 5) is 19.1. The Labute approximate surface area is 154 Å². The molecule has 0 saturated heterocycles. The number of aliphatic carboxylic acids is 2. The predicted molar refractivity (Wildman–Crippen MR) is 97.8 cm³/mol. The van der Waals surface area contributed by atoms with Crippen LogP contribution in [0, 0.1) is 0 Å². The summed E-state index contributed by atoms with van der Waals surface area (Å²) in [6.45, 7) is 0.492. The number of carboxylic acids is 2. The first kappa shape index (κ1) is 19.3. The highest BCUT2D eigenvalue weighted by Crippen LogP contribution is 2.40. The highest BCUT2D eigenvalue weighted by molar-refractivity contribution is 6.30. The summed E-state index contributed by atoms with van der Waals surface area (Å²) in [6.07, 6.45) is 1.12. The molecule has 0 spiro atoms. The largest absolute Gasteiger partial charge is 0.478 e. The lowest BCUT2D eigenvalue weighted by atomic mass is 10.1. The van der Waals surface area contributed by atoms with Crippen molar-refractivity contribution in [3.8, 4) is 11.5 Å². The minimum Gasteiger partial charge on any atom is -0.478 e. The van der Waals surface area contributed by atoms with Crippen molar-refractivity contribution in [2.75, 3.05) is 11.9 Å². The summed E-state index contributed by atoms with van der Waals surface area (Å²) in [5.41, 5.74) is 7.76. The van der Waals surface area contributed by atoms with Crippen LogP contribution in [0.1, 0.15) is 11.6 Å². The van der Waals surface area contributed by atoms with Crippen LogP contribution < -0.4 is 15.8 Å². The van der Waals surface area contributed by atoms with E-state index < -0.39 is 11.9 Å². The minimum atomic E-state index is -1.26. The minimum absolute atomic E-state index is 0.0286. The maximum atomic E-state index is 9.55. The quantitative estimate of drug-likeness (QED) is 0.606. The van der Waals surface area contributed by atoms with Crippen LogP contribution in [0.25, 0.3) is 0 Å². The maximum Gasteiger partial charge on any atom is 0.328 e. The van der Waals surface area contributed by atoms with Crippen molar-refractivity contribution in [3.63, 3.8) is 0 Å². The normalized spacial score (nSPS) is 14.6. The maximum absolute atomic E-state index is 9.55. The number of carboxylic acid groups (broad SMARTS) is 2. The van der Waals surface area contributed by atoms with Crippen molar-refractivity contribution >= 4 is 29.2 Å². The molecule has 0 aromatic heterocycles. The third-order valence-electron chi connectivity index (χ3n) is 3.39. The van der Waals surface area contributed by atoms with Crippen molar-refractivity contribution in [2.24, 2.45) is 5.73 Å². The van der Waals surface area contributed by atoms with Gasteiger partial charge in [-0.3, -0.25) is 0 Å². The Kier molecular flexibility index (Phi) is 6.60. The van der Waals surface area contributed by atoms with Crippen LogP contribution in [-0.2, 0) is 9.59 Å². The van der Waals surface area contributed by atoms with Crippen molar-refractivity contribution in [1.29, 1.82) is 0 Å². The highest BCUT2D eigenvalue weighted by atomic mass is 35.5. The van der Waals surface area contributed by atoms with E-state index in [4.69, 9.17) is 32.3 Å². The van der Waals surface area contributed by atoms with Crippen molar-refractivity contribution < 1.29 is 24.5 Å². The summed E-state index contributed by atoms with van der Waals surface area (Å²) in [5, 5.41) is 19.7. The fourth-order valence-electron chi connectivity index (χ4n) is 2.28. The Morgan fingerprint density at radius 2 is 1.77 bits per heavy atom. The molecule has 5 N–H and O–H groups in total. The van der Waals surface area contributed by atoms with Gasteiger partial charge in [-0.1, -0.05) is 29.8 Å². The van der Waals surface area contributed by atoms with Crippen molar-refractivity contribution in [2.45, 2.75) is 6.04 Å². The van der Waals surface area contributed by atoms with Gasteiger partial charge >= 0.3 is 11.9 Å². The van der Waals surface area contributed by atoms with E-state index >= 15 is 0 Å². The smallest absolute Gasteiger partial charge is 0.328 e. The molecule has 136 valence electrons. The molecule has 26 heavy (non-hydrogen) atoms. The molecule has 1 aliphatic heterocycles. The molecule has 1 atom stereocenters. The van der Waals surface area contributed by atoms with Gasteiger partial charge in [0, 0.05) is 29.3 Å². The summed E-state index contributed by atoms with van der Waals surface area (Å²) >= 11 is 6.01. The average Bonchev–Trinajstić information content (AvgIpc) is 2.76. The number of ether oxygens (including phenoxy) is 1. The van der Waals surface area contributed by atoms with Gasteiger partial charge in [-0.05, 0) is 24.3 Å². The van der Waals surface area contributed by atoms with Gasteiger partial charge in [0.05, 0.1) is 11.7 Å². The van der Waals surface area contributed by atoms with Gasteiger partial charge in [0.25, 0.3) is 0 Å². The molecule has 2 aromatic carbocycles. The van der Waals surface area contributed by atoms with Crippen LogP contribution in [0.15, 0.2) is 54.6 Å². The molecule has 0 fully saturated rings. The number of halogens is 1. The first-order valence-electron chi connectivity index (χ1n) is 7.57. The lowest BCUT2D eigenvalue weighted by Gasteiger charge is -2.16. The number of carbonyl (C=O) groups is 2. The van der Waals surface area contributed by atoms with Crippen molar-refractivity contribution in [1.82, 2.24) is 0 Å². The molecular formula is C18H17ClN2O5. The van der Waals surface area contributed by atoms with E-state index in [1.807, 2.05) is 42.5 Å². The first-order valence-corrected chi connectivity index (χ1v) is 7.95. The standard InChI is InChI=1S/C14H13ClN2O.C4H4O4/c15-9-5-6-14-11(7-9)17-12(8-16)10-3-1-2-4-13(10)18-14;5-3(6)1-2-4(7)8/h1-7,12,17H,8,16H2;1-2H,(H,5,6)(H,7,8). The third-order valence-corrected chi connectivity index (χ3v) is 3.62. The van der Waals surface area contributed by atoms with Crippen molar-refractivity contribution in [3.05, 3.63) is 65.2 Å². The van der Waals surface area contributed by atoms with Gasteiger partial charge in [-0.25, -0.2) is 9.59 Å². The van der Waals surface area contributed by atoms with Gasteiger partial charge in [-0.15, -0.1) is 0 Å². The predicted octanol–water partition coefficient (Wildman–Crippen LogP) is 3.27. The Balaban J connectivity index is 0.000000260. The average molecular weight is 377 g/mol. The lowest BCUT2D eigenvalue weighted by Crippen LogP contribution is -2.19.